The maximum Gasteiger partial charge on any atom is 0.253 e. The Kier molecular flexibility index (Phi) is 5.53. The molecule has 0 bridgehead atoms. The second kappa shape index (κ2) is 8.29. The Morgan fingerprint density at radius 3 is 2.29 bits per heavy atom. The molecule has 0 aromatic carbocycles. The summed E-state index contributed by atoms with van der Waals surface area (Å²) in [7, 11) is 0. The molecular weight excluding hydrogens is 396 g/mol. The van der Waals surface area contributed by atoms with Gasteiger partial charge in [0, 0.05) is 49.7 Å². The van der Waals surface area contributed by atoms with Gasteiger partial charge in [-0.1, -0.05) is 0 Å². The van der Waals surface area contributed by atoms with E-state index in [-0.39, 0.29) is 18.0 Å². The molecule has 0 atom stereocenters. The van der Waals surface area contributed by atoms with E-state index in [0.717, 1.165) is 23.0 Å². The molecule has 3 aromatic rings. The topological polar surface area (TPSA) is 102 Å². The van der Waals surface area contributed by atoms with Crippen molar-refractivity contribution in [1.29, 1.82) is 0 Å². The Bertz CT molecular complexity index is 1170. The van der Waals surface area contributed by atoms with Gasteiger partial charge in [0.25, 0.3) is 5.56 Å². The molecule has 31 heavy (non-hydrogen) atoms. The molecule has 4 rings (SSSR count). The van der Waals surface area contributed by atoms with Crippen molar-refractivity contribution in [3.05, 3.63) is 58.0 Å². The smallest absolute Gasteiger partial charge is 0.253 e. The number of aryl methyl sites for hydroxylation is 3. The van der Waals surface area contributed by atoms with E-state index >= 15 is 0 Å². The largest absolute Gasteiger partial charge is 0.353 e. The highest BCUT2D eigenvalue weighted by Crippen LogP contribution is 2.19. The van der Waals surface area contributed by atoms with E-state index in [1.54, 1.807) is 18.2 Å². The van der Waals surface area contributed by atoms with Crippen LogP contribution in [-0.4, -0.2) is 66.1 Å². The quantitative estimate of drug-likeness (QED) is 0.613. The van der Waals surface area contributed by atoms with Crippen LogP contribution < -0.4 is 10.5 Å². The van der Waals surface area contributed by atoms with Crippen molar-refractivity contribution in [2.24, 2.45) is 0 Å². The van der Waals surface area contributed by atoms with Gasteiger partial charge in [-0.15, -0.1) is 0 Å². The van der Waals surface area contributed by atoms with Crippen LogP contribution in [0.25, 0.3) is 5.82 Å². The molecule has 1 aliphatic heterocycles. The summed E-state index contributed by atoms with van der Waals surface area (Å²) in [4.78, 5) is 46.2. The maximum absolute atomic E-state index is 12.7. The van der Waals surface area contributed by atoms with E-state index in [2.05, 4.69) is 24.8 Å². The van der Waals surface area contributed by atoms with Crippen LogP contribution in [0.3, 0.4) is 0 Å². The minimum atomic E-state index is -0.214. The first-order chi connectivity index (χ1) is 14.8. The van der Waals surface area contributed by atoms with Crippen molar-refractivity contribution in [2.45, 2.75) is 34.2 Å². The molecule has 1 amide bonds. The maximum atomic E-state index is 12.7. The molecule has 4 heterocycles. The van der Waals surface area contributed by atoms with Gasteiger partial charge in [-0.25, -0.2) is 19.9 Å². The van der Waals surface area contributed by atoms with Crippen LogP contribution in [0.15, 0.2) is 29.6 Å². The summed E-state index contributed by atoms with van der Waals surface area (Å²) in [5, 5.41) is 0. The monoisotopic (exact) mass is 422 g/mol. The first-order valence-corrected chi connectivity index (χ1v) is 10.2. The fourth-order valence-corrected chi connectivity index (χ4v) is 3.62. The van der Waals surface area contributed by atoms with Gasteiger partial charge in [0.1, 0.15) is 30.3 Å². The first-order valence-electron chi connectivity index (χ1n) is 10.2. The van der Waals surface area contributed by atoms with Gasteiger partial charge < -0.3 is 9.80 Å². The lowest BCUT2D eigenvalue weighted by Gasteiger charge is -2.35. The number of carbonyl (C=O) groups is 1. The fraction of sp³-hybridized carbons (Fsp3) is 0.429. The van der Waals surface area contributed by atoms with E-state index < -0.39 is 0 Å². The predicted octanol–water partition coefficient (Wildman–Crippen LogP) is 0.801. The van der Waals surface area contributed by atoms with Gasteiger partial charge in [0.2, 0.25) is 5.91 Å². The summed E-state index contributed by atoms with van der Waals surface area (Å²) in [5.74, 6) is 2.21. The average molecular weight is 422 g/mol. The highest BCUT2D eigenvalue weighted by molar-refractivity contribution is 5.76. The van der Waals surface area contributed by atoms with Gasteiger partial charge in [-0.3, -0.25) is 18.7 Å². The minimum Gasteiger partial charge on any atom is -0.353 e. The number of carbonyl (C=O) groups excluding carboxylic acids is 1. The van der Waals surface area contributed by atoms with Crippen molar-refractivity contribution in [2.75, 3.05) is 31.1 Å². The lowest BCUT2D eigenvalue weighted by atomic mass is 10.3. The van der Waals surface area contributed by atoms with Crippen LogP contribution in [0.2, 0.25) is 0 Å². The molecule has 3 aromatic heterocycles. The van der Waals surface area contributed by atoms with Gasteiger partial charge in [-0.2, -0.15) is 0 Å². The molecule has 10 nitrogen and oxygen atoms in total. The van der Waals surface area contributed by atoms with Crippen LogP contribution in [0.4, 0.5) is 5.82 Å². The van der Waals surface area contributed by atoms with Crippen LogP contribution in [-0.2, 0) is 11.3 Å². The Labute approximate surface area is 180 Å². The number of hydrogen-bond donors (Lipinski definition) is 0. The van der Waals surface area contributed by atoms with E-state index in [0.29, 0.717) is 37.7 Å². The second-order valence-electron chi connectivity index (χ2n) is 7.78. The molecule has 0 aliphatic carbocycles. The first kappa shape index (κ1) is 20.7. The standard InChI is InChI=1S/C21H26N8O2/c1-14-9-20(30)28(12-22-14)11-21(31)27-7-5-26(6-8-27)18-10-19(25-17(4)24-18)29-13-23-15(2)16(29)3/h9-10,12-13H,5-8,11H2,1-4H3. The number of hydrogen-bond acceptors (Lipinski definition) is 7. The van der Waals surface area contributed by atoms with Crippen LogP contribution in [0, 0.1) is 27.7 Å². The lowest BCUT2D eigenvalue weighted by Crippen LogP contribution is -2.50. The van der Waals surface area contributed by atoms with Gasteiger partial charge in [0.15, 0.2) is 0 Å². The molecule has 0 spiro atoms. The highest BCUT2D eigenvalue weighted by Gasteiger charge is 2.23. The van der Waals surface area contributed by atoms with Gasteiger partial charge in [0.05, 0.1) is 12.0 Å². The second-order valence-corrected chi connectivity index (χ2v) is 7.78. The number of imidazole rings is 1. The molecule has 0 N–H and O–H groups in total. The minimum absolute atomic E-state index is 0.00212. The Balaban J connectivity index is 1.44. The molecule has 0 saturated carbocycles. The number of nitrogens with zero attached hydrogens (tertiary/aromatic N) is 8. The Morgan fingerprint density at radius 2 is 1.65 bits per heavy atom. The molecule has 1 fully saturated rings. The van der Waals surface area contributed by atoms with Crippen molar-refractivity contribution >= 4 is 11.7 Å². The summed E-state index contributed by atoms with van der Waals surface area (Å²) in [6.07, 6.45) is 3.20. The van der Waals surface area contributed by atoms with E-state index in [1.165, 1.54) is 17.0 Å². The van der Waals surface area contributed by atoms with Crippen molar-refractivity contribution in [1.82, 2.24) is 34.0 Å². The fourth-order valence-electron chi connectivity index (χ4n) is 3.62. The van der Waals surface area contributed by atoms with Crippen molar-refractivity contribution < 1.29 is 4.79 Å². The van der Waals surface area contributed by atoms with E-state index in [9.17, 15) is 9.59 Å². The number of amides is 1. The van der Waals surface area contributed by atoms with E-state index in [4.69, 9.17) is 0 Å². The van der Waals surface area contributed by atoms with Gasteiger partial charge in [-0.05, 0) is 27.7 Å². The number of anilines is 1. The van der Waals surface area contributed by atoms with Gasteiger partial charge >= 0.3 is 0 Å². The SMILES string of the molecule is Cc1cc(=O)n(CC(=O)N2CCN(c3cc(-n4cnc(C)c4C)nc(C)n3)CC2)cn1. The molecule has 162 valence electrons. The number of rotatable bonds is 4. The predicted molar refractivity (Wildman–Crippen MR) is 115 cm³/mol. The van der Waals surface area contributed by atoms with E-state index in [1.807, 2.05) is 31.4 Å². The highest BCUT2D eigenvalue weighted by atomic mass is 16.2. The third-order valence-corrected chi connectivity index (χ3v) is 5.59. The summed E-state index contributed by atoms with van der Waals surface area (Å²) in [6, 6.07) is 3.39. The van der Waals surface area contributed by atoms with Crippen LogP contribution in [0.5, 0.6) is 0 Å². The Hall–Kier alpha value is -3.56. The zero-order chi connectivity index (χ0) is 22.1. The zero-order valence-electron chi connectivity index (χ0n) is 18.2. The molecule has 1 saturated heterocycles. The molecule has 1 aliphatic rings. The summed E-state index contributed by atoms with van der Waals surface area (Å²) in [6.45, 7) is 10.1. The lowest BCUT2D eigenvalue weighted by molar-refractivity contribution is -0.132. The molecule has 0 unspecified atom stereocenters. The molecule has 10 heteroatoms. The summed E-state index contributed by atoms with van der Waals surface area (Å²) in [5.41, 5.74) is 2.43. The van der Waals surface area contributed by atoms with Crippen LogP contribution in [0.1, 0.15) is 22.9 Å². The number of aromatic nitrogens is 6. The summed E-state index contributed by atoms with van der Waals surface area (Å²) < 4.78 is 3.30. The third kappa shape index (κ3) is 4.32. The molecular formula is C21H26N8O2. The molecule has 0 radical (unpaired) electrons. The van der Waals surface area contributed by atoms with Crippen LogP contribution >= 0.6 is 0 Å². The number of piperazine rings is 1. The summed E-state index contributed by atoms with van der Waals surface area (Å²) >= 11 is 0. The normalized spacial score (nSPS) is 14.2. The van der Waals surface area contributed by atoms with Crippen molar-refractivity contribution in [3.63, 3.8) is 0 Å². The Morgan fingerprint density at radius 1 is 0.935 bits per heavy atom. The third-order valence-electron chi connectivity index (χ3n) is 5.59. The zero-order valence-corrected chi connectivity index (χ0v) is 18.2. The average Bonchev–Trinajstić information content (AvgIpc) is 3.08. The van der Waals surface area contributed by atoms with Crippen molar-refractivity contribution in [3.8, 4) is 5.82 Å².